The van der Waals surface area contributed by atoms with Crippen LogP contribution in [0, 0.1) is 0 Å². The predicted molar refractivity (Wildman–Crippen MR) is 297 cm³/mol. The van der Waals surface area contributed by atoms with E-state index in [-0.39, 0.29) is 30.6 Å². The number of hydrogen-bond acceptors (Lipinski definition) is 10. The highest BCUT2D eigenvalue weighted by molar-refractivity contribution is 5.78. The van der Waals surface area contributed by atoms with Crippen molar-refractivity contribution in [3.8, 4) is 0 Å². The fourth-order valence-electron chi connectivity index (χ4n) is 10.9. The first-order valence-electron chi connectivity index (χ1n) is 28.1. The third-order valence-corrected chi connectivity index (χ3v) is 15.3. The van der Waals surface area contributed by atoms with Gasteiger partial charge in [-0.15, -0.1) is 0 Å². The third-order valence-electron chi connectivity index (χ3n) is 15.3. The molecule has 10 rings (SSSR count). The molecule has 75 heavy (non-hydrogen) atoms. The van der Waals surface area contributed by atoms with E-state index in [1.807, 2.05) is 0 Å². The first-order chi connectivity index (χ1) is 37.0. The van der Waals surface area contributed by atoms with Crippen molar-refractivity contribution in [2.75, 3.05) is 36.2 Å². The number of anilines is 6. The van der Waals surface area contributed by atoms with Gasteiger partial charge < -0.3 is 47.7 Å². The Labute approximate surface area is 446 Å². The molecule has 0 N–H and O–H groups in total. The van der Waals surface area contributed by atoms with Gasteiger partial charge in [0, 0.05) is 66.0 Å². The van der Waals surface area contributed by atoms with Gasteiger partial charge in [-0.05, 0) is 190 Å². The van der Waals surface area contributed by atoms with Crippen molar-refractivity contribution in [3.05, 3.63) is 179 Å². The van der Waals surface area contributed by atoms with Crippen molar-refractivity contribution in [1.82, 2.24) is 0 Å². The monoisotopic (exact) mass is 1010 g/mol. The van der Waals surface area contributed by atoms with Gasteiger partial charge in [-0.2, -0.15) is 0 Å². The summed E-state index contributed by atoms with van der Waals surface area (Å²) in [5.41, 5.74) is 13.3. The van der Waals surface area contributed by atoms with Gasteiger partial charge in [-0.3, -0.25) is 0 Å². The lowest BCUT2D eigenvalue weighted by atomic mass is 9.73. The fourth-order valence-corrected chi connectivity index (χ4v) is 10.9. The standard InChI is InChI=1S/C65H78N2O8/c1-3-40-65(2,53-24-36-59(37-25-53)66(55-28-16-49(17-29-55)45-72-61-12-4-8-41-68-61)56-30-18-50(19-31-56)46-73-62-13-5-9-42-69-62)54-26-38-60(39-27-54)67(57-32-20-51(21-33-57)47-74-63-14-6-10-43-70-63)58-34-22-52(23-35-58)48-75-64-15-7-11-44-71-64/h16-39,61-64H,3-15,40-48H2,1-2H3. The molecule has 4 aliphatic rings. The van der Waals surface area contributed by atoms with E-state index in [0.29, 0.717) is 26.4 Å². The maximum Gasteiger partial charge on any atom is 0.158 e. The lowest BCUT2D eigenvalue weighted by Crippen LogP contribution is -2.24. The van der Waals surface area contributed by atoms with E-state index in [0.717, 1.165) is 173 Å². The number of ether oxygens (including phenoxy) is 8. The first-order valence-corrected chi connectivity index (χ1v) is 28.1. The molecular weight excluding hydrogens is 937 g/mol. The molecule has 0 bridgehead atoms. The van der Waals surface area contributed by atoms with E-state index in [9.17, 15) is 0 Å². The summed E-state index contributed by atoms with van der Waals surface area (Å²) in [6.07, 6.45) is 14.3. The van der Waals surface area contributed by atoms with Gasteiger partial charge in [0.05, 0.1) is 26.4 Å². The molecule has 4 heterocycles. The van der Waals surface area contributed by atoms with E-state index >= 15 is 0 Å². The van der Waals surface area contributed by atoms with Gasteiger partial charge in [-0.1, -0.05) is 93.1 Å². The van der Waals surface area contributed by atoms with Crippen LogP contribution in [-0.4, -0.2) is 51.6 Å². The van der Waals surface area contributed by atoms with Crippen molar-refractivity contribution in [2.24, 2.45) is 0 Å². The van der Waals surface area contributed by atoms with E-state index in [1.54, 1.807) is 0 Å². The summed E-state index contributed by atoms with van der Waals surface area (Å²) < 4.78 is 48.0. The maximum atomic E-state index is 6.16. The largest absolute Gasteiger partial charge is 0.353 e. The molecular formula is C65H78N2O8. The molecule has 0 aromatic heterocycles. The van der Waals surface area contributed by atoms with Gasteiger partial charge in [0.1, 0.15) is 0 Å². The molecule has 396 valence electrons. The normalized spacial score (nSPS) is 21.0. The molecule has 0 amide bonds. The van der Waals surface area contributed by atoms with E-state index in [4.69, 9.17) is 37.9 Å². The van der Waals surface area contributed by atoms with E-state index in [1.165, 1.54) is 11.1 Å². The number of rotatable bonds is 22. The quantitative estimate of drug-likeness (QED) is 0.0656. The molecule has 4 saturated heterocycles. The highest BCUT2D eigenvalue weighted by atomic mass is 16.7. The predicted octanol–water partition coefficient (Wildman–Crippen LogP) is 15.9. The van der Waals surface area contributed by atoms with Crippen LogP contribution in [0.1, 0.15) is 137 Å². The third kappa shape index (κ3) is 14.2. The van der Waals surface area contributed by atoms with Gasteiger partial charge in [-0.25, -0.2) is 0 Å². The molecule has 0 saturated carbocycles. The second kappa shape index (κ2) is 26.6. The summed E-state index contributed by atoms with van der Waals surface area (Å²) in [5.74, 6) is 0. The van der Waals surface area contributed by atoms with Gasteiger partial charge >= 0.3 is 0 Å². The Hall–Kier alpha value is -5.40. The van der Waals surface area contributed by atoms with Crippen LogP contribution in [0.3, 0.4) is 0 Å². The van der Waals surface area contributed by atoms with Crippen LogP contribution in [-0.2, 0) is 69.7 Å². The van der Waals surface area contributed by atoms with Crippen molar-refractivity contribution in [1.29, 1.82) is 0 Å². The summed E-state index contributed by atoms with van der Waals surface area (Å²) >= 11 is 0. The zero-order valence-electron chi connectivity index (χ0n) is 44.4. The molecule has 4 fully saturated rings. The Morgan fingerprint density at radius 2 is 0.600 bits per heavy atom. The van der Waals surface area contributed by atoms with Gasteiger partial charge in [0.15, 0.2) is 25.2 Å². The van der Waals surface area contributed by atoms with Crippen LogP contribution in [0.5, 0.6) is 0 Å². The smallest absolute Gasteiger partial charge is 0.158 e. The Morgan fingerprint density at radius 1 is 0.360 bits per heavy atom. The number of nitrogens with zero attached hydrogens (tertiary/aromatic N) is 2. The summed E-state index contributed by atoms with van der Waals surface area (Å²) in [6.45, 7) is 9.85. The molecule has 6 aromatic carbocycles. The highest BCUT2D eigenvalue weighted by Crippen LogP contribution is 2.42. The molecule has 4 aliphatic heterocycles. The fraction of sp³-hybridized carbons (Fsp3) is 0.446. The zero-order valence-corrected chi connectivity index (χ0v) is 44.4. The second-order valence-corrected chi connectivity index (χ2v) is 20.9. The van der Waals surface area contributed by atoms with Crippen LogP contribution < -0.4 is 9.80 Å². The molecule has 6 aromatic rings. The average molecular weight is 1020 g/mol. The van der Waals surface area contributed by atoms with Crippen LogP contribution in [0.15, 0.2) is 146 Å². The van der Waals surface area contributed by atoms with E-state index in [2.05, 4.69) is 169 Å². The van der Waals surface area contributed by atoms with Gasteiger partial charge in [0.2, 0.25) is 0 Å². The summed E-state index contributed by atoms with van der Waals surface area (Å²) in [5, 5.41) is 0. The lowest BCUT2D eigenvalue weighted by molar-refractivity contribution is -0.169. The molecule has 10 heteroatoms. The topological polar surface area (TPSA) is 80.3 Å². The van der Waals surface area contributed by atoms with Crippen LogP contribution in [0.25, 0.3) is 0 Å². The molecule has 0 radical (unpaired) electrons. The van der Waals surface area contributed by atoms with Gasteiger partial charge in [0.25, 0.3) is 0 Å². The van der Waals surface area contributed by atoms with Crippen molar-refractivity contribution in [2.45, 2.75) is 161 Å². The van der Waals surface area contributed by atoms with Crippen molar-refractivity contribution >= 4 is 34.1 Å². The minimum atomic E-state index is -0.234. The molecule has 0 aliphatic carbocycles. The van der Waals surface area contributed by atoms with Crippen LogP contribution in [0.2, 0.25) is 0 Å². The Balaban J connectivity index is 0.895. The minimum Gasteiger partial charge on any atom is -0.353 e. The Bertz CT molecular complexity index is 2290. The molecule has 4 unspecified atom stereocenters. The zero-order chi connectivity index (χ0) is 51.1. The summed E-state index contributed by atoms with van der Waals surface area (Å²) in [4.78, 5) is 4.67. The number of benzene rings is 6. The molecule has 4 atom stereocenters. The van der Waals surface area contributed by atoms with Crippen molar-refractivity contribution in [3.63, 3.8) is 0 Å². The minimum absolute atomic E-state index is 0.126. The number of hydrogen-bond donors (Lipinski definition) is 0. The highest BCUT2D eigenvalue weighted by Gasteiger charge is 2.29. The summed E-state index contributed by atoms with van der Waals surface area (Å²) in [6, 6.07) is 53.4. The Kier molecular flexibility index (Phi) is 18.8. The SMILES string of the molecule is CCCC(C)(c1ccc(N(c2ccc(COC3CCCCO3)cc2)c2ccc(COC3CCCCO3)cc2)cc1)c1ccc(N(c2ccc(COC3CCCCO3)cc2)c2ccc(COC3CCCCO3)cc2)cc1. The van der Waals surface area contributed by atoms with E-state index < -0.39 is 0 Å². The average Bonchev–Trinajstić information content (AvgIpc) is 3.48. The van der Waals surface area contributed by atoms with Crippen molar-refractivity contribution < 1.29 is 37.9 Å². The maximum absolute atomic E-state index is 6.16. The first kappa shape index (κ1) is 53.0. The lowest BCUT2D eigenvalue weighted by Gasteiger charge is -2.33. The summed E-state index contributed by atoms with van der Waals surface area (Å²) in [7, 11) is 0. The van der Waals surface area contributed by atoms with Crippen LogP contribution in [0.4, 0.5) is 34.1 Å². The Morgan fingerprint density at radius 3 is 0.813 bits per heavy atom. The molecule has 0 spiro atoms. The second-order valence-electron chi connectivity index (χ2n) is 20.9. The van der Waals surface area contributed by atoms with Crippen LogP contribution >= 0.6 is 0 Å². The molecule has 10 nitrogen and oxygen atoms in total.